The minimum atomic E-state index is -2.96. The number of alkyl halides is 2. The van der Waals surface area contributed by atoms with Crippen LogP contribution in [-0.2, 0) is 9.59 Å². The van der Waals surface area contributed by atoms with Gasteiger partial charge in [0.1, 0.15) is 0 Å². The molecule has 2 amide bonds. The van der Waals surface area contributed by atoms with Gasteiger partial charge < -0.3 is 19.7 Å². The molecule has 32 heavy (non-hydrogen) atoms. The quantitative estimate of drug-likeness (QED) is 0.595. The molecule has 1 aliphatic heterocycles. The third-order valence-corrected chi connectivity index (χ3v) is 6.11. The van der Waals surface area contributed by atoms with Gasteiger partial charge in [0.25, 0.3) is 0 Å². The van der Waals surface area contributed by atoms with Crippen LogP contribution in [0.2, 0.25) is 0 Å². The molecular weight excluding hydrogens is 440 g/mol. The Morgan fingerprint density at radius 1 is 1.25 bits per heavy atom. The van der Waals surface area contributed by atoms with Crippen molar-refractivity contribution in [2.45, 2.75) is 57.7 Å². The Morgan fingerprint density at radius 2 is 2.03 bits per heavy atom. The van der Waals surface area contributed by atoms with Gasteiger partial charge >= 0.3 is 6.61 Å². The molecule has 2 fully saturated rings. The Balaban J connectivity index is 1.39. The van der Waals surface area contributed by atoms with Crippen molar-refractivity contribution in [2.24, 2.45) is 0 Å². The summed E-state index contributed by atoms with van der Waals surface area (Å²) >= 11 is 1.39. The lowest BCUT2D eigenvalue weighted by molar-refractivity contribution is -0.131. The molecule has 0 radical (unpaired) electrons. The van der Waals surface area contributed by atoms with Crippen LogP contribution in [0.3, 0.4) is 0 Å². The molecule has 1 aromatic carbocycles. The van der Waals surface area contributed by atoms with Crippen LogP contribution in [0.25, 0.3) is 0 Å². The summed E-state index contributed by atoms with van der Waals surface area (Å²) in [5, 5.41) is 5.28. The SMILES string of the molecule is CC(C)Oc1cc(C2CC(=O)N(CC(=O)Nc3nc(C4CC4)cs3)C2)ccc1OC(F)F. The molecule has 1 saturated heterocycles. The zero-order chi connectivity index (χ0) is 22.8. The van der Waals surface area contributed by atoms with Crippen LogP contribution in [0.4, 0.5) is 13.9 Å². The fourth-order valence-electron chi connectivity index (χ4n) is 3.71. The molecule has 0 spiro atoms. The van der Waals surface area contributed by atoms with E-state index in [0.29, 0.717) is 17.6 Å². The number of anilines is 1. The van der Waals surface area contributed by atoms with Crippen molar-refractivity contribution in [3.63, 3.8) is 0 Å². The highest BCUT2D eigenvalue weighted by Gasteiger charge is 2.33. The summed E-state index contributed by atoms with van der Waals surface area (Å²) < 4.78 is 35.6. The Kier molecular flexibility index (Phi) is 6.59. The molecule has 0 bridgehead atoms. The van der Waals surface area contributed by atoms with Crippen LogP contribution in [0.15, 0.2) is 23.6 Å². The van der Waals surface area contributed by atoms with E-state index in [4.69, 9.17) is 4.74 Å². The molecule has 1 N–H and O–H groups in total. The Hall–Kier alpha value is -2.75. The number of benzene rings is 1. The van der Waals surface area contributed by atoms with Crippen LogP contribution in [0.1, 0.15) is 56.2 Å². The normalized spacial score (nSPS) is 18.5. The van der Waals surface area contributed by atoms with E-state index < -0.39 is 6.61 Å². The van der Waals surface area contributed by atoms with E-state index in [0.717, 1.165) is 24.1 Å². The molecule has 2 heterocycles. The first-order valence-corrected chi connectivity index (χ1v) is 11.4. The highest BCUT2D eigenvalue weighted by atomic mass is 32.1. The molecule has 1 aromatic heterocycles. The number of thiazole rings is 1. The number of likely N-dealkylation sites (tertiary alicyclic amines) is 1. The molecule has 10 heteroatoms. The number of rotatable bonds is 9. The van der Waals surface area contributed by atoms with Crippen LogP contribution in [0.5, 0.6) is 11.5 Å². The predicted octanol–water partition coefficient (Wildman–Crippen LogP) is 4.36. The van der Waals surface area contributed by atoms with Crippen LogP contribution in [0, 0.1) is 0 Å². The van der Waals surface area contributed by atoms with E-state index >= 15 is 0 Å². The summed E-state index contributed by atoms with van der Waals surface area (Å²) in [6, 6.07) is 4.72. The zero-order valence-corrected chi connectivity index (χ0v) is 18.7. The summed E-state index contributed by atoms with van der Waals surface area (Å²) in [4.78, 5) is 30.9. The Labute approximate surface area is 188 Å². The van der Waals surface area contributed by atoms with Crippen molar-refractivity contribution in [1.82, 2.24) is 9.88 Å². The van der Waals surface area contributed by atoms with Crippen LogP contribution < -0.4 is 14.8 Å². The first-order chi connectivity index (χ1) is 15.3. The fraction of sp³-hybridized carbons (Fsp3) is 0.500. The molecule has 2 aromatic rings. The molecule has 172 valence electrons. The molecule has 2 aliphatic rings. The molecular formula is C22H25F2N3O4S. The van der Waals surface area contributed by atoms with Gasteiger partial charge in [-0.25, -0.2) is 4.98 Å². The van der Waals surface area contributed by atoms with Gasteiger partial charge in [0.05, 0.1) is 18.3 Å². The van der Waals surface area contributed by atoms with Crippen molar-refractivity contribution in [1.29, 1.82) is 0 Å². The summed E-state index contributed by atoms with van der Waals surface area (Å²) in [6.45, 7) is 0.905. The van der Waals surface area contributed by atoms with E-state index in [-0.39, 0.29) is 48.3 Å². The van der Waals surface area contributed by atoms with Gasteiger partial charge in [0.2, 0.25) is 11.8 Å². The molecule has 4 rings (SSSR count). The van der Waals surface area contributed by atoms with Gasteiger partial charge in [0.15, 0.2) is 16.6 Å². The van der Waals surface area contributed by atoms with Gasteiger partial charge in [0, 0.05) is 30.2 Å². The average molecular weight is 466 g/mol. The van der Waals surface area contributed by atoms with Crippen molar-refractivity contribution in [3.8, 4) is 11.5 Å². The smallest absolute Gasteiger partial charge is 0.387 e. The minimum Gasteiger partial charge on any atom is -0.487 e. The van der Waals surface area contributed by atoms with E-state index in [1.54, 1.807) is 26.0 Å². The van der Waals surface area contributed by atoms with Crippen molar-refractivity contribution in [3.05, 3.63) is 34.8 Å². The third kappa shape index (κ3) is 5.53. The second-order valence-electron chi connectivity index (χ2n) is 8.33. The second kappa shape index (κ2) is 9.40. The highest BCUT2D eigenvalue weighted by molar-refractivity contribution is 7.13. The van der Waals surface area contributed by atoms with Crippen molar-refractivity contribution in [2.75, 3.05) is 18.4 Å². The second-order valence-corrected chi connectivity index (χ2v) is 9.18. The first kappa shape index (κ1) is 22.4. The number of nitrogens with one attached hydrogen (secondary N) is 1. The van der Waals surface area contributed by atoms with Crippen molar-refractivity contribution < 1.29 is 27.8 Å². The largest absolute Gasteiger partial charge is 0.487 e. The van der Waals surface area contributed by atoms with Gasteiger partial charge in [-0.3, -0.25) is 9.59 Å². The monoisotopic (exact) mass is 465 g/mol. The standard InChI is InChI=1S/C22H25F2N3O4S/c1-12(2)30-18-7-14(5-6-17(18)31-21(23)24)15-8-20(29)27(9-15)10-19(28)26-22-25-16(11-32-22)13-3-4-13/h5-7,11-13,15,21H,3-4,8-10H2,1-2H3,(H,25,26,28). The zero-order valence-electron chi connectivity index (χ0n) is 17.8. The molecule has 1 unspecified atom stereocenters. The Morgan fingerprint density at radius 3 is 2.72 bits per heavy atom. The summed E-state index contributed by atoms with van der Waals surface area (Å²) in [7, 11) is 0. The van der Waals surface area contributed by atoms with E-state index in [9.17, 15) is 18.4 Å². The number of hydrogen-bond donors (Lipinski definition) is 1. The van der Waals surface area contributed by atoms with Crippen molar-refractivity contribution >= 4 is 28.3 Å². The lowest BCUT2D eigenvalue weighted by Crippen LogP contribution is -2.34. The number of carbonyl (C=O) groups is 2. The maximum absolute atomic E-state index is 12.7. The van der Waals surface area contributed by atoms with Gasteiger partial charge in [-0.2, -0.15) is 8.78 Å². The molecule has 1 atom stereocenters. The minimum absolute atomic E-state index is 0.0491. The van der Waals surface area contributed by atoms with E-state index in [1.807, 2.05) is 5.38 Å². The topological polar surface area (TPSA) is 80.8 Å². The van der Waals surface area contributed by atoms with E-state index in [1.165, 1.54) is 22.3 Å². The Bertz CT molecular complexity index is 993. The fourth-order valence-corrected chi connectivity index (χ4v) is 4.52. The van der Waals surface area contributed by atoms with Crippen LogP contribution >= 0.6 is 11.3 Å². The van der Waals surface area contributed by atoms with E-state index in [2.05, 4.69) is 15.0 Å². The summed E-state index contributed by atoms with van der Waals surface area (Å²) in [6.07, 6.45) is 2.27. The van der Waals surface area contributed by atoms with Gasteiger partial charge in [-0.05, 0) is 44.4 Å². The van der Waals surface area contributed by atoms with Gasteiger partial charge in [-0.1, -0.05) is 6.07 Å². The molecule has 1 saturated carbocycles. The third-order valence-electron chi connectivity index (χ3n) is 5.33. The number of aromatic nitrogens is 1. The van der Waals surface area contributed by atoms with Gasteiger partial charge in [-0.15, -0.1) is 11.3 Å². The maximum atomic E-state index is 12.7. The molecule has 7 nitrogen and oxygen atoms in total. The highest BCUT2D eigenvalue weighted by Crippen LogP contribution is 2.41. The number of nitrogens with zero attached hydrogens (tertiary/aromatic N) is 2. The average Bonchev–Trinajstić information content (AvgIpc) is 3.36. The summed E-state index contributed by atoms with van der Waals surface area (Å²) in [5.41, 5.74) is 1.79. The first-order valence-electron chi connectivity index (χ1n) is 10.6. The number of amides is 2. The molecule has 1 aliphatic carbocycles. The van der Waals surface area contributed by atoms with Crippen LogP contribution in [-0.4, -0.2) is 47.5 Å². The number of hydrogen-bond acceptors (Lipinski definition) is 6. The number of carbonyl (C=O) groups excluding carboxylic acids is 2. The predicted molar refractivity (Wildman–Crippen MR) is 115 cm³/mol. The number of halogens is 2. The maximum Gasteiger partial charge on any atom is 0.387 e. The summed E-state index contributed by atoms with van der Waals surface area (Å²) in [5.74, 6) is 0.0673. The lowest BCUT2D eigenvalue weighted by Gasteiger charge is -2.18. The number of ether oxygens (including phenoxy) is 2. The lowest BCUT2D eigenvalue weighted by atomic mass is 9.98.